The van der Waals surface area contributed by atoms with Gasteiger partial charge in [-0.3, -0.25) is 4.79 Å². The van der Waals surface area contributed by atoms with E-state index in [1.807, 2.05) is 0 Å². The van der Waals surface area contributed by atoms with E-state index >= 15 is 0 Å². The van der Waals surface area contributed by atoms with E-state index in [0.29, 0.717) is 0 Å². The van der Waals surface area contributed by atoms with Gasteiger partial charge in [0.25, 0.3) is 6.43 Å². The summed E-state index contributed by atoms with van der Waals surface area (Å²) in [5.74, 6) is -0.809. The second-order valence-electron chi connectivity index (χ2n) is 3.25. The fraction of sp³-hybridized carbons (Fsp3) is 0.300. The monoisotopic (exact) mass is 364 g/mol. The number of benzene rings is 1. The molecule has 0 N–H and O–H groups in total. The van der Waals surface area contributed by atoms with Crippen molar-refractivity contribution >= 4 is 28.4 Å². The van der Waals surface area contributed by atoms with Crippen molar-refractivity contribution in [3.8, 4) is 0 Å². The first kappa shape index (κ1) is 14.3. The van der Waals surface area contributed by atoms with E-state index in [1.54, 1.807) is 0 Å². The van der Waals surface area contributed by atoms with Crippen LogP contribution in [0.15, 0.2) is 12.1 Å². The third-order valence-corrected chi connectivity index (χ3v) is 3.23. The lowest BCUT2D eigenvalue weighted by molar-refractivity contribution is -0.138. The molecule has 0 atom stereocenters. The topological polar surface area (TPSA) is 17.1 Å². The van der Waals surface area contributed by atoms with Crippen LogP contribution in [-0.2, 0) is 6.18 Å². The van der Waals surface area contributed by atoms with Gasteiger partial charge in [0.2, 0.25) is 0 Å². The van der Waals surface area contributed by atoms with Gasteiger partial charge in [0.1, 0.15) is 0 Å². The highest BCUT2D eigenvalue weighted by Gasteiger charge is 2.38. The molecule has 0 heterocycles. The number of Topliss-reactive ketones (excluding diaryl/α,β-unsaturated/α-hetero) is 1. The van der Waals surface area contributed by atoms with Crippen molar-refractivity contribution in [3.05, 3.63) is 32.4 Å². The summed E-state index contributed by atoms with van der Waals surface area (Å²) in [6, 6.07) is 1.63. The van der Waals surface area contributed by atoms with Gasteiger partial charge < -0.3 is 0 Å². The Balaban J connectivity index is 3.60. The zero-order chi connectivity index (χ0) is 13.4. The molecule has 0 radical (unpaired) electrons. The van der Waals surface area contributed by atoms with Crippen molar-refractivity contribution in [2.24, 2.45) is 0 Å². The Bertz CT molecular complexity index is 453. The number of hydrogen-bond acceptors (Lipinski definition) is 1. The van der Waals surface area contributed by atoms with Crippen LogP contribution in [0, 0.1) is 3.57 Å². The Labute approximate surface area is 107 Å². The van der Waals surface area contributed by atoms with Gasteiger partial charge in [0.05, 0.1) is 5.56 Å². The predicted molar refractivity (Wildman–Crippen MR) is 59.1 cm³/mol. The van der Waals surface area contributed by atoms with Crippen molar-refractivity contribution in [2.75, 3.05) is 0 Å². The molecule has 0 aliphatic heterocycles. The largest absolute Gasteiger partial charge is 0.418 e. The summed E-state index contributed by atoms with van der Waals surface area (Å²) < 4.78 is 62.4. The molecule has 0 aromatic heterocycles. The summed E-state index contributed by atoms with van der Waals surface area (Å²) in [6.07, 6.45) is -7.84. The number of halogens is 6. The first-order chi connectivity index (χ1) is 7.66. The highest BCUT2D eigenvalue weighted by atomic mass is 127. The van der Waals surface area contributed by atoms with E-state index in [2.05, 4.69) is 0 Å². The number of ketones is 1. The van der Waals surface area contributed by atoms with Crippen LogP contribution < -0.4 is 0 Å². The number of rotatable bonds is 2. The molecule has 1 nitrogen and oxygen atoms in total. The van der Waals surface area contributed by atoms with Crippen molar-refractivity contribution in [1.29, 1.82) is 0 Å². The van der Waals surface area contributed by atoms with Crippen LogP contribution in [0.25, 0.3) is 0 Å². The van der Waals surface area contributed by atoms with E-state index in [9.17, 15) is 26.7 Å². The molecule has 94 valence electrons. The highest BCUT2D eigenvalue weighted by Crippen LogP contribution is 2.39. The summed E-state index contributed by atoms with van der Waals surface area (Å²) in [4.78, 5) is 11.1. The second kappa shape index (κ2) is 4.87. The molecule has 1 aromatic rings. The van der Waals surface area contributed by atoms with Gasteiger partial charge in [0.15, 0.2) is 5.78 Å². The zero-order valence-corrected chi connectivity index (χ0v) is 10.6. The smallest absolute Gasteiger partial charge is 0.294 e. The molecule has 0 unspecified atom stereocenters. The highest BCUT2D eigenvalue weighted by molar-refractivity contribution is 14.1. The van der Waals surface area contributed by atoms with Crippen LogP contribution in [-0.4, -0.2) is 5.78 Å². The summed E-state index contributed by atoms with van der Waals surface area (Å²) in [5.41, 5.74) is -2.60. The van der Waals surface area contributed by atoms with E-state index in [4.69, 9.17) is 0 Å². The third-order valence-electron chi connectivity index (χ3n) is 2.07. The van der Waals surface area contributed by atoms with E-state index in [-0.39, 0.29) is 0 Å². The van der Waals surface area contributed by atoms with E-state index in [0.717, 1.165) is 19.1 Å². The second-order valence-corrected chi connectivity index (χ2v) is 4.32. The average molecular weight is 364 g/mol. The standard InChI is InChI=1S/C10H6F5IO/c1-4(17)5-2-3-6(9(11)12)8(16)7(5)10(13,14)15/h2-3,9H,1H3. The predicted octanol–water partition coefficient (Wildman–Crippen LogP) is 4.45. The Kier molecular flexibility index (Phi) is 4.11. The summed E-state index contributed by atoms with van der Waals surface area (Å²) in [6.45, 7) is 0.961. The van der Waals surface area contributed by atoms with Crippen LogP contribution in [0.4, 0.5) is 22.0 Å². The molecule has 1 rings (SSSR count). The molecule has 0 fully saturated rings. The van der Waals surface area contributed by atoms with Gasteiger partial charge in [-0.05, 0) is 29.5 Å². The van der Waals surface area contributed by atoms with Crippen molar-refractivity contribution in [1.82, 2.24) is 0 Å². The molecule has 0 aliphatic rings. The molecular weight excluding hydrogens is 358 g/mol. The first-order valence-corrected chi connectivity index (χ1v) is 5.42. The van der Waals surface area contributed by atoms with Crippen molar-refractivity contribution in [2.45, 2.75) is 19.5 Å². The zero-order valence-electron chi connectivity index (χ0n) is 8.41. The van der Waals surface area contributed by atoms with Gasteiger partial charge in [-0.25, -0.2) is 8.78 Å². The number of carbonyl (C=O) groups excluding carboxylic acids is 1. The molecular formula is C10H6F5IO. The molecule has 0 spiro atoms. The maximum absolute atomic E-state index is 12.7. The fourth-order valence-corrected chi connectivity index (χ4v) is 2.34. The lowest BCUT2D eigenvalue weighted by atomic mass is 10.0. The number of hydrogen-bond donors (Lipinski definition) is 0. The first-order valence-electron chi connectivity index (χ1n) is 4.35. The number of carbonyl (C=O) groups is 1. The molecule has 0 saturated heterocycles. The van der Waals surface area contributed by atoms with Crippen LogP contribution in [0.5, 0.6) is 0 Å². The van der Waals surface area contributed by atoms with Crippen LogP contribution >= 0.6 is 22.6 Å². The number of alkyl halides is 5. The van der Waals surface area contributed by atoms with E-state index in [1.165, 1.54) is 22.6 Å². The minimum Gasteiger partial charge on any atom is -0.294 e. The van der Waals surface area contributed by atoms with Gasteiger partial charge in [-0.1, -0.05) is 12.1 Å². The lowest BCUT2D eigenvalue weighted by Gasteiger charge is -2.15. The van der Waals surface area contributed by atoms with Gasteiger partial charge in [-0.15, -0.1) is 0 Å². The normalized spacial score (nSPS) is 12.0. The van der Waals surface area contributed by atoms with Gasteiger partial charge in [-0.2, -0.15) is 13.2 Å². The maximum atomic E-state index is 12.7. The van der Waals surface area contributed by atoms with Gasteiger partial charge in [0, 0.05) is 14.7 Å². The SMILES string of the molecule is CC(=O)c1ccc(C(F)F)c(I)c1C(F)(F)F. The fourth-order valence-electron chi connectivity index (χ4n) is 1.33. The summed E-state index contributed by atoms with van der Waals surface area (Å²) in [7, 11) is 0. The molecule has 7 heteroatoms. The van der Waals surface area contributed by atoms with Crippen molar-refractivity contribution in [3.63, 3.8) is 0 Å². The quantitative estimate of drug-likeness (QED) is 0.431. The van der Waals surface area contributed by atoms with Crippen molar-refractivity contribution < 1.29 is 26.7 Å². The summed E-state index contributed by atoms with van der Waals surface area (Å²) in [5, 5.41) is 0. The molecule has 0 bridgehead atoms. The average Bonchev–Trinajstić information content (AvgIpc) is 2.14. The van der Waals surface area contributed by atoms with Gasteiger partial charge >= 0.3 is 6.18 Å². The Morgan fingerprint density at radius 2 is 1.82 bits per heavy atom. The van der Waals surface area contributed by atoms with Crippen LogP contribution in [0.1, 0.15) is 34.8 Å². The third kappa shape index (κ3) is 2.93. The molecule has 1 aromatic carbocycles. The van der Waals surface area contributed by atoms with E-state index < -0.39 is 38.6 Å². The van der Waals surface area contributed by atoms with Crippen LogP contribution in [0.3, 0.4) is 0 Å². The molecule has 17 heavy (non-hydrogen) atoms. The van der Waals surface area contributed by atoms with Crippen LogP contribution in [0.2, 0.25) is 0 Å². The minimum absolute atomic E-state index is 0.591. The molecule has 0 aliphatic carbocycles. The maximum Gasteiger partial charge on any atom is 0.418 e. The Morgan fingerprint density at radius 3 is 2.18 bits per heavy atom. The summed E-state index contributed by atoms with van der Waals surface area (Å²) >= 11 is 1.19. The minimum atomic E-state index is -4.83. The Morgan fingerprint density at radius 1 is 1.29 bits per heavy atom. The molecule has 0 amide bonds. The Hall–Kier alpha value is -0.730. The molecule has 0 saturated carbocycles. The lowest BCUT2D eigenvalue weighted by Crippen LogP contribution is -2.15.